The van der Waals surface area contributed by atoms with E-state index in [1.165, 1.54) is 0 Å². The van der Waals surface area contributed by atoms with E-state index in [0.29, 0.717) is 7.11 Å². The number of methoxy groups -OCH3 is 1. The van der Waals surface area contributed by atoms with Crippen molar-refractivity contribution in [3.8, 4) is 0 Å². The molecule has 0 aliphatic heterocycles. The number of rotatable bonds is 2. The van der Waals surface area contributed by atoms with Crippen molar-refractivity contribution in [2.45, 2.75) is 35.5 Å². The quantitative estimate of drug-likeness (QED) is 0.712. The Labute approximate surface area is 99.1 Å². The zero-order valence-electron chi connectivity index (χ0n) is 8.97. The molecule has 1 aliphatic carbocycles. The van der Waals surface area contributed by atoms with E-state index in [1.807, 2.05) is 0 Å². The normalized spacial score (nSPS) is 39.0. The van der Waals surface area contributed by atoms with Crippen molar-refractivity contribution in [3.63, 3.8) is 0 Å². The highest BCUT2D eigenvalue weighted by Crippen LogP contribution is 2.64. The zero-order valence-corrected chi connectivity index (χ0v) is 8.97. The molecule has 11 heteroatoms. The second-order valence-corrected chi connectivity index (χ2v) is 4.00. The molecule has 1 fully saturated rings. The van der Waals surface area contributed by atoms with Gasteiger partial charge in [0.25, 0.3) is 0 Å². The SMILES string of the molecule is COCC1(F)C(F)C(F)(F)C(F)(F)C(F)(F)C1(F)F. The molecule has 19 heavy (non-hydrogen) atoms. The van der Waals surface area contributed by atoms with Crippen LogP contribution in [0.2, 0.25) is 0 Å². The first-order valence-electron chi connectivity index (χ1n) is 4.55. The van der Waals surface area contributed by atoms with Gasteiger partial charge in [0.15, 0.2) is 0 Å². The van der Waals surface area contributed by atoms with Crippen molar-refractivity contribution >= 4 is 0 Å². The monoisotopic (exact) mass is 308 g/mol. The van der Waals surface area contributed by atoms with Crippen molar-refractivity contribution in [2.75, 3.05) is 13.7 Å². The summed E-state index contributed by atoms with van der Waals surface area (Å²) < 4.78 is 133. The minimum absolute atomic E-state index is 0.424. The lowest BCUT2D eigenvalue weighted by molar-refractivity contribution is -0.444. The van der Waals surface area contributed by atoms with E-state index in [9.17, 15) is 43.9 Å². The Morgan fingerprint density at radius 3 is 1.58 bits per heavy atom. The van der Waals surface area contributed by atoms with Crippen molar-refractivity contribution in [1.82, 2.24) is 0 Å². The van der Waals surface area contributed by atoms with Crippen LogP contribution in [0.25, 0.3) is 0 Å². The summed E-state index contributed by atoms with van der Waals surface area (Å²) in [6, 6.07) is 0. The highest BCUT2D eigenvalue weighted by atomic mass is 19.4. The topological polar surface area (TPSA) is 9.23 Å². The fraction of sp³-hybridized carbons (Fsp3) is 1.00. The largest absolute Gasteiger partial charge is 0.381 e. The van der Waals surface area contributed by atoms with Gasteiger partial charge in [0.1, 0.15) is 0 Å². The molecule has 0 radical (unpaired) electrons. The summed E-state index contributed by atoms with van der Waals surface area (Å²) in [4.78, 5) is 0. The first-order valence-corrected chi connectivity index (χ1v) is 4.55. The summed E-state index contributed by atoms with van der Waals surface area (Å²) in [6.07, 6.45) is -4.87. The van der Waals surface area contributed by atoms with Gasteiger partial charge in [0.05, 0.1) is 6.61 Å². The maximum absolute atomic E-state index is 13.5. The lowest BCUT2D eigenvalue weighted by atomic mass is 9.74. The molecule has 0 spiro atoms. The summed E-state index contributed by atoms with van der Waals surface area (Å²) >= 11 is 0. The molecule has 1 aliphatic rings. The van der Waals surface area contributed by atoms with Crippen LogP contribution in [0.3, 0.4) is 0 Å². The third kappa shape index (κ3) is 1.53. The van der Waals surface area contributed by atoms with Gasteiger partial charge in [-0.15, -0.1) is 0 Å². The second kappa shape index (κ2) is 3.89. The van der Waals surface area contributed by atoms with E-state index >= 15 is 0 Å². The molecule has 0 aromatic carbocycles. The fourth-order valence-electron chi connectivity index (χ4n) is 1.65. The summed E-state index contributed by atoms with van der Waals surface area (Å²) in [5, 5.41) is 0. The molecule has 1 saturated carbocycles. The Hall–Kier alpha value is -0.740. The van der Waals surface area contributed by atoms with Crippen LogP contribution in [0.4, 0.5) is 43.9 Å². The lowest BCUT2D eigenvalue weighted by Crippen LogP contribution is -2.80. The molecule has 1 rings (SSSR count). The Morgan fingerprint density at radius 1 is 0.789 bits per heavy atom. The van der Waals surface area contributed by atoms with Gasteiger partial charge in [-0.3, -0.25) is 0 Å². The van der Waals surface area contributed by atoms with Crippen molar-refractivity contribution in [3.05, 3.63) is 0 Å². The summed E-state index contributed by atoms with van der Waals surface area (Å²) in [5.41, 5.74) is -5.30. The molecule has 2 unspecified atom stereocenters. The summed E-state index contributed by atoms with van der Waals surface area (Å²) in [7, 11) is 0.424. The highest BCUT2D eigenvalue weighted by Gasteiger charge is 2.94. The van der Waals surface area contributed by atoms with Gasteiger partial charge < -0.3 is 4.74 Å². The Balaban J connectivity index is 3.57. The van der Waals surface area contributed by atoms with Gasteiger partial charge in [0, 0.05) is 7.11 Å². The summed E-state index contributed by atoms with van der Waals surface area (Å²) in [6.45, 7) is -2.25. The number of ether oxygens (including phenoxy) is 1. The van der Waals surface area contributed by atoms with Crippen LogP contribution in [0.5, 0.6) is 0 Å². The van der Waals surface area contributed by atoms with Crippen LogP contribution in [-0.2, 0) is 4.74 Å². The predicted octanol–water partition coefficient (Wildman–Crippen LogP) is 3.23. The average Bonchev–Trinajstić information content (AvgIpc) is 2.25. The van der Waals surface area contributed by atoms with E-state index in [2.05, 4.69) is 4.74 Å². The van der Waals surface area contributed by atoms with Gasteiger partial charge in [-0.05, 0) is 0 Å². The van der Waals surface area contributed by atoms with Gasteiger partial charge >= 0.3 is 23.7 Å². The van der Waals surface area contributed by atoms with Gasteiger partial charge in [-0.1, -0.05) is 0 Å². The maximum Gasteiger partial charge on any atom is 0.381 e. The molecule has 0 bridgehead atoms. The van der Waals surface area contributed by atoms with Crippen LogP contribution in [0.1, 0.15) is 0 Å². The molecular weight excluding hydrogens is 302 g/mol. The molecule has 0 aromatic rings. The third-order valence-electron chi connectivity index (χ3n) is 2.80. The maximum atomic E-state index is 13.5. The minimum atomic E-state index is -6.79. The van der Waals surface area contributed by atoms with E-state index in [-0.39, 0.29) is 0 Å². The number of alkyl halides is 10. The van der Waals surface area contributed by atoms with Crippen molar-refractivity contribution < 1.29 is 48.6 Å². The minimum Gasteiger partial charge on any atom is -0.381 e. The summed E-state index contributed by atoms with van der Waals surface area (Å²) in [5.74, 6) is -26.3. The molecular formula is C8H6F10O. The Bertz CT molecular complexity index is 367. The van der Waals surface area contributed by atoms with E-state index in [1.54, 1.807) is 0 Å². The molecule has 0 N–H and O–H groups in total. The number of hydrogen-bond donors (Lipinski definition) is 0. The number of halogens is 10. The molecule has 2 atom stereocenters. The second-order valence-electron chi connectivity index (χ2n) is 4.00. The number of hydrogen-bond acceptors (Lipinski definition) is 1. The first kappa shape index (κ1) is 16.3. The molecule has 0 aromatic heterocycles. The predicted molar refractivity (Wildman–Crippen MR) is 40.4 cm³/mol. The Kier molecular flexibility index (Phi) is 3.34. The van der Waals surface area contributed by atoms with Gasteiger partial charge in [-0.2, -0.15) is 35.1 Å². The first-order chi connectivity index (χ1) is 8.22. The molecule has 114 valence electrons. The zero-order chi connectivity index (χ0) is 15.5. The van der Waals surface area contributed by atoms with Crippen LogP contribution >= 0.6 is 0 Å². The molecule has 0 saturated heterocycles. The lowest BCUT2D eigenvalue weighted by Gasteiger charge is -2.50. The van der Waals surface area contributed by atoms with Gasteiger partial charge in [-0.25, -0.2) is 8.78 Å². The molecule has 1 nitrogen and oxygen atoms in total. The Morgan fingerprint density at radius 2 is 1.21 bits per heavy atom. The highest BCUT2D eigenvalue weighted by molar-refractivity contribution is 5.23. The van der Waals surface area contributed by atoms with E-state index < -0.39 is 42.1 Å². The van der Waals surface area contributed by atoms with Crippen LogP contribution in [0, 0.1) is 0 Å². The molecule has 0 amide bonds. The van der Waals surface area contributed by atoms with Crippen molar-refractivity contribution in [2.24, 2.45) is 0 Å². The average molecular weight is 308 g/mol. The smallest absolute Gasteiger partial charge is 0.381 e. The standard InChI is InChI=1S/C8H6F10O/c1-19-2-4(10)3(9)5(11,12)7(15,16)8(17,18)6(4,13)14/h3H,2H2,1H3. The van der Waals surface area contributed by atoms with E-state index in [4.69, 9.17) is 0 Å². The van der Waals surface area contributed by atoms with Crippen molar-refractivity contribution in [1.29, 1.82) is 0 Å². The van der Waals surface area contributed by atoms with Gasteiger partial charge in [0.2, 0.25) is 11.8 Å². The third-order valence-corrected chi connectivity index (χ3v) is 2.80. The van der Waals surface area contributed by atoms with Crippen LogP contribution in [0.15, 0.2) is 0 Å². The van der Waals surface area contributed by atoms with E-state index in [0.717, 1.165) is 0 Å². The fourth-order valence-corrected chi connectivity index (χ4v) is 1.65. The van der Waals surface area contributed by atoms with Crippen LogP contribution < -0.4 is 0 Å². The van der Waals surface area contributed by atoms with Crippen LogP contribution in [-0.4, -0.2) is 49.2 Å². The molecule has 0 heterocycles.